The molecule has 27 heavy (non-hydrogen) atoms. The highest BCUT2D eigenvalue weighted by Crippen LogP contribution is 2.19. The van der Waals surface area contributed by atoms with Gasteiger partial charge in [-0.1, -0.05) is 0 Å². The first kappa shape index (κ1) is 21.7. The van der Waals surface area contributed by atoms with Crippen molar-refractivity contribution >= 4 is 22.1 Å². The molecule has 0 spiro atoms. The Morgan fingerprint density at radius 1 is 1.07 bits per heavy atom. The average Bonchev–Trinajstić information content (AvgIpc) is 2.65. The number of amides is 1. The second kappa shape index (κ2) is 10.1. The molecule has 156 valence electrons. The van der Waals surface area contributed by atoms with Crippen LogP contribution in [0.1, 0.15) is 26.7 Å². The first-order chi connectivity index (χ1) is 12.8. The van der Waals surface area contributed by atoms with E-state index >= 15 is 0 Å². The van der Waals surface area contributed by atoms with Crippen LogP contribution in [0.4, 0.5) is 4.79 Å². The summed E-state index contributed by atoms with van der Waals surface area (Å²) in [5.74, 6) is 1.27. The molecule has 0 bridgehead atoms. The van der Waals surface area contributed by atoms with E-state index in [1.54, 1.807) is 9.21 Å². The molecule has 0 aromatic heterocycles. The van der Waals surface area contributed by atoms with Gasteiger partial charge >= 0.3 is 6.09 Å². The molecule has 2 saturated heterocycles. The van der Waals surface area contributed by atoms with E-state index in [-0.39, 0.29) is 6.09 Å². The lowest BCUT2D eigenvalue weighted by Crippen LogP contribution is -2.54. The number of ether oxygens (including phenoxy) is 1. The second-order valence-corrected chi connectivity index (χ2v) is 8.96. The van der Waals surface area contributed by atoms with Crippen LogP contribution in [0, 0.1) is 5.92 Å². The number of hydrogen-bond donors (Lipinski definition) is 1. The smallest absolute Gasteiger partial charge is 0.409 e. The molecule has 2 aliphatic rings. The van der Waals surface area contributed by atoms with Crippen LogP contribution in [0.3, 0.4) is 0 Å². The number of sulfonamides is 1. The molecule has 2 fully saturated rings. The molecule has 0 atom stereocenters. The number of aliphatic imine (C=N–C) groups is 1. The van der Waals surface area contributed by atoms with Crippen molar-refractivity contribution in [1.82, 2.24) is 19.4 Å². The Labute approximate surface area is 162 Å². The molecule has 0 unspecified atom stereocenters. The molecule has 0 radical (unpaired) electrons. The quantitative estimate of drug-likeness (QED) is 0.527. The van der Waals surface area contributed by atoms with Gasteiger partial charge in [0.05, 0.1) is 12.9 Å². The number of carbonyl (C=O) groups is 1. The topological polar surface area (TPSA) is 94.5 Å². The summed E-state index contributed by atoms with van der Waals surface area (Å²) in [4.78, 5) is 20.5. The zero-order valence-corrected chi connectivity index (χ0v) is 17.5. The predicted molar refractivity (Wildman–Crippen MR) is 105 cm³/mol. The van der Waals surface area contributed by atoms with Gasteiger partial charge in [0.25, 0.3) is 0 Å². The average molecular weight is 404 g/mol. The largest absolute Gasteiger partial charge is 0.450 e. The zero-order valence-electron chi connectivity index (χ0n) is 16.7. The van der Waals surface area contributed by atoms with Gasteiger partial charge in [0.1, 0.15) is 0 Å². The molecule has 0 aromatic carbocycles. The van der Waals surface area contributed by atoms with Gasteiger partial charge in [-0.05, 0) is 32.6 Å². The standard InChI is InChI=1S/C17H33N5O4S/c1-4-18-16(20-10-12-21(13-11-20)17(23)26-5-2)19-14-15-6-8-22(9-7-15)27(3,24)25/h15H,4-14H2,1-3H3,(H,18,19). The summed E-state index contributed by atoms with van der Waals surface area (Å²) in [7, 11) is -3.09. The van der Waals surface area contributed by atoms with E-state index in [9.17, 15) is 13.2 Å². The Morgan fingerprint density at radius 2 is 1.67 bits per heavy atom. The number of hydrogen-bond acceptors (Lipinski definition) is 5. The van der Waals surface area contributed by atoms with Crippen molar-refractivity contribution in [1.29, 1.82) is 0 Å². The lowest BCUT2D eigenvalue weighted by molar-refractivity contribution is 0.0914. The summed E-state index contributed by atoms with van der Waals surface area (Å²) in [6, 6.07) is 0. The van der Waals surface area contributed by atoms with Gasteiger partial charge in [-0.3, -0.25) is 4.99 Å². The normalized spacial score (nSPS) is 20.6. The molecule has 1 N–H and O–H groups in total. The SMILES string of the molecule is CCNC(=NCC1CCN(S(C)(=O)=O)CC1)N1CCN(C(=O)OCC)CC1. The number of guanidine groups is 1. The first-order valence-electron chi connectivity index (χ1n) is 9.75. The molecule has 2 rings (SSSR count). The zero-order chi connectivity index (χ0) is 19.9. The van der Waals surface area contributed by atoms with E-state index in [0.717, 1.165) is 38.4 Å². The van der Waals surface area contributed by atoms with E-state index in [1.807, 2.05) is 13.8 Å². The van der Waals surface area contributed by atoms with Crippen LogP contribution in [-0.4, -0.2) is 99.8 Å². The van der Waals surface area contributed by atoms with Gasteiger partial charge < -0.3 is 19.9 Å². The molecule has 0 aromatic rings. The Kier molecular flexibility index (Phi) is 8.15. The van der Waals surface area contributed by atoms with Gasteiger partial charge in [-0.15, -0.1) is 0 Å². The third kappa shape index (κ3) is 6.53. The minimum atomic E-state index is -3.09. The summed E-state index contributed by atoms with van der Waals surface area (Å²) >= 11 is 0. The monoisotopic (exact) mass is 403 g/mol. The van der Waals surface area contributed by atoms with Gasteiger partial charge in [0, 0.05) is 52.4 Å². The third-order valence-electron chi connectivity index (χ3n) is 4.98. The summed E-state index contributed by atoms with van der Waals surface area (Å²) in [6.07, 6.45) is 2.70. The molecular formula is C17H33N5O4S. The van der Waals surface area contributed by atoms with Crippen molar-refractivity contribution in [3.05, 3.63) is 0 Å². The van der Waals surface area contributed by atoms with Crippen LogP contribution in [0.15, 0.2) is 4.99 Å². The lowest BCUT2D eigenvalue weighted by Gasteiger charge is -2.36. The van der Waals surface area contributed by atoms with Crippen LogP contribution in [-0.2, 0) is 14.8 Å². The summed E-state index contributed by atoms with van der Waals surface area (Å²) in [5, 5.41) is 3.33. The van der Waals surface area contributed by atoms with Crippen molar-refractivity contribution in [3.63, 3.8) is 0 Å². The maximum Gasteiger partial charge on any atom is 0.409 e. The summed E-state index contributed by atoms with van der Waals surface area (Å²) in [5.41, 5.74) is 0. The molecule has 2 heterocycles. The minimum absolute atomic E-state index is 0.253. The van der Waals surface area contributed by atoms with Gasteiger partial charge in [0.15, 0.2) is 5.96 Å². The number of nitrogens with zero attached hydrogens (tertiary/aromatic N) is 4. The van der Waals surface area contributed by atoms with Crippen molar-refractivity contribution in [2.45, 2.75) is 26.7 Å². The van der Waals surface area contributed by atoms with Crippen molar-refractivity contribution in [3.8, 4) is 0 Å². The van der Waals surface area contributed by atoms with Crippen molar-refractivity contribution in [2.75, 3.05) is 65.2 Å². The highest BCUT2D eigenvalue weighted by Gasteiger charge is 2.26. The van der Waals surface area contributed by atoms with E-state index in [0.29, 0.717) is 45.2 Å². The Hall–Kier alpha value is -1.55. The van der Waals surface area contributed by atoms with E-state index in [2.05, 4.69) is 10.2 Å². The summed E-state index contributed by atoms with van der Waals surface area (Å²) < 4.78 is 29.8. The summed E-state index contributed by atoms with van der Waals surface area (Å²) in [6.45, 7) is 9.55. The van der Waals surface area contributed by atoms with Crippen molar-refractivity contribution < 1.29 is 17.9 Å². The van der Waals surface area contributed by atoms with Gasteiger partial charge in [0.2, 0.25) is 10.0 Å². The molecule has 0 saturated carbocycles. The Morgan fingerprint density at radius 3 is 2.19 bits per heavy atom. The highest BCUT2D eigenvalue weighted by molar-refractivity contribution is 7.88. The maximum atomic E-state index is 11.8. The fourth-order valence-corrected chi connectivity index (χ4v) is 4.25. The number of rotatable bonds is 5. The van der Waals surface area contributed by atoms with E-state index in [4.69, 9.17) is 9.73 Å². The van der Waals surface area contributed by atoms with Crippen LogP contribution >= 0.6 is 0 Å². The molecule has 10 heteroatoms. The molecule has 1 amide bonds. The van der Waals surface area contributed by atoms with Crippen molar-refractivity contribution in [2.24, 2.45) is 10.9 Å². The number of nitrogens with one attached hydrogen (secondary N) is 1. The first-order valence-corrected chi connectivity index (χ1v) is 11.6. The minimum Gasteiger partial charge on any atom is -0.450 e. The Bertz CT molecular complexity index is 609. The van der Waals surface area contributed by atoms with Gasteiger partial charge in [-0.25, -0.2) is 17.5 Å². The fraction of sp³-hybridized carbons (Fsp3) is 0.882. The third-order valence-corrected chi connectivity index (χ3v) is 6.29. The fourth-order valence-electron chi connectivity index (χ4n) is 3.38. The molecule has 2 aliphatic heterocycles. The number of piperidine rings is 1. The van der Waals surface area contributed by atoms with E-state index in [1.165, 1.54) is 6.26 Å². The Balaban J connectivity index is 1.85. The van der Waals surface area contributed by atoms with Crippen LogP contribution in [0.5, 0.6) is 0 Å². The maximum absolute atomic E-state index is 11.8. The molecular weight excluding hydrogens is 370 g/mol. The predicted octanol–water partition coefficient (Wildman–Crippen LogP) is 0.398. The van der Waals surface area contributed by atoms with Crippen LogP contribution in [0.2, 0.25) is 0 Å². The van der Waals surface area contributed by atoms with Crippen LogP contribution in [0.25, 0.3) is 0 Å². The lowest BCUT2D eigenvalue weighted by atomic mass is 9.98. The molecule has 0 aliphatic carbocycles. The van der Waals surface area contributed by atoms with Crippen LogP contribution < -0.4 is 5.32 Å². The van der Waals surface area contributed by atoms with Gasteiger partial charge in [-0.2, -0.15) is 0 Å². The highest BCUT2D eigenvalue weighted by atomic mass is 32.2. The second-order valence-electron chi connectivity index (χ2n) is 6.97. The molecule has 9 nitrogen and oxygen atoms in total. The number of carbonyl (C=O) groups excluding carboxylic acids is 1. The van der Waals surface area contributed by atoms with E-state index < -0.39 is 10.0 Å². The number of piperazine rings is 1.